The Hall–Kier alpha value is -1.16. The molecule has 4 heteroatoms. The van der Waals surface area contributed by atoms with E-state index in [1.807, 2.05) is 0 Å². The molecule has 4 nitrogen and oxygen atoms in total. The lowest BCUT2D eigenvalue weighted by Gasteiger charge is -2.20. The van der Waals surface area contributed by atoms with Crippen LogP contribution in [0.25, 0.3) is 0 Å². The van der Waals surface area contributed by atoms with Crippen LogP contribution in [0.1, 0.15) is 30.9 Å². The minimum atomic E-state index is 0.237. The van der Waals surface area contributed by atoms with Gasteiger partial charge in [0, 0.05) is 6.61 Å². The van der Waals surface area contributed by atoms with Gasteiger partial charge in [-0.25, -0.2) is 4.98 Å². The van der Waals surface area contributed by atoms with Gasteiger partial charge in [-0.2, -0.15) is 0 Å². The van der Waals surface area contributed by atoms with Crippen LogP contribution in [0.15, 0.2) is 10.6 Å². The number of hydrogen-bond acceptors (Lipinski definition) is 4. The molecule has 1 aromatic rings. The maximum absolute atomic E-state index is 10.3. The van der Waals surface area contributed by atoms with Crippen molar-refractivity contribution in [3.8, 4) is 0 Å². The Kier molecular flexibility index (Phi) is 3.50. The van der Waals surface area contributed by atoms with Crippen LogP contribution in [0.4, 0.5) is 0 Å². The summed E-state index contributed by atoms with van der Waals surface area (Å²) in [5.41, 5.74) is 0. The van der Waals surface area contributed by atoms with Crippen molar-refractivity contribution in [1.82, 2.24) is 4.98 Å². The molecule has 1 unspecified atom stereocenters. The van der Waals surface area contributed by atoms with Crippen molar-refractivity contribution in [3.63, 3.8) is 0 Å². The van der Waals surface area contributed by atoms with Gasteiger partial charge in [-0.05, 0) is 19.3 Å². The maximum Gasteiger partial charge on any atom is 0.196 e. The molecule has 0 radical (unpaired) electrons. The Labute approximate surface area is 88.6 Å². The summed E-state index contributed by atoms with van der Waals surface area (Å²) in [5, 5.41) is 0. The molecule has 0 saturated carbocycles. The molecule has 0 bridgehead atoms. The van der Waals surface area contributed by atoms with Crippen molar-refractivity contribution < 1.29 is 13.9 Å². The maximum atomic E-state index is 10.3. The van der Waals surface area contributed by atoms with Gasteiger partial charge in [0.1, 0.15) is 12.0 Å². The molecule has 0 amide bonds. The van der Waals surface area contributed by atoms with Crippen LogP contribution in [0, 0.1) is 0 Å². The van der Waals surface area contributed by atoms with Gasteiger partial charge in [-0.3, -0.25) is 0 Å². The molecule has 0 aromatic carbocycles. The lowest BCUT2D eigenvalue weighted by atomic mass is 10.1. The molecule has 82 valence electrons. The van der Waals surface area contributed by atoms with Crippen LogP contribution in [0.3, 0.4) is 0 Å². The SMILES string of the molecule is O=CCc1cnc(CC2CCCCO2)o1. The first-order chi connectivity index (χ1) is 7.38. The van der Waals surface area contributed by atoms with Crippen LogP contribution in [-0.4, -0.2) is 24.0 Å². The summed E-state index contributed by atoms with van der Waals surface area (Å²) in [5.74, 6) is 1.31. The van der Waals surface area contributed by atoms with Gasteiger partial charge in [0.2, 0.25) is 0 Å². The number of aromatic nitrogens is 1. The molecule has 0 spiro atoms. The summed E-state index contributed by atoms with van der Waals surface area (Å²) >= 11 is 0. The number of carbonyl (C=O) groups excluding carboxylic acids is 1. The Balaban J connectivity index is 1.88. The second-order valence-electron chi connectivity index (χ2n) is 3.78. The molecule has 1 aromatic heterocycles. The van der Waals surface area contributed by atoms with Crippen molar-refractivity contribution in [3.05, 3.63) is 17.8 Å². The highest BCUT2D eigenvalue weighted by Gasteiger charge is 2.16. The van der Waals surface area contributed by atoms with E-state index in [-0.39, 0.29) is 6.10 Å². The van der Waals surface area contributed by atoms with E-state index in [1.54, 1.807) is 6.20 Å². The third-order valence-electron chi connectivity index (χ3n) is 2.56. The first-order valence-corrected chi connectivity index (χ1v) is 5.37. The van der Waals surface area contributed by atoms with Gasteiger partial charge in [0.05, 0.1) is 25.1 Å². The molecule has 15 heavy (non-hydrogen) atoms. The Bertz CT molecular complexity index is 315. The summed E-state index contributed by atoms with van der Waals surface area (Å²) in [6, 6.07) is 0. The third kappa shape index (κ3) is 2.89. The third-order valence-corrected chi connectivity index (χ3v) is 2.56. The highest BCUT2D eigenvalue weighted by molar-refractivity contribution is 5.52. The van der Waals surface area contributed by atoms with Gasteiger partial charge >= 0.3 is 0 Å². The number of nitrogens with zero attached hydrogens (tertiary/aromatic N) is 1. The Morgan fingerprint density at radius 1 is 1.53 bits per heavy atom. The predicted molar refractivity (Wildman–Crippen MR) is 53.6 cm³/mol. The molecule has 1 aliphatic rings. The predicted octanol–water partition coefficient (Wildman–Crippen LogP) is 1.53. The van der Waals surface area contributed by atoms with Gasteiger partial charge in [-0.1, -0.05) is 0 Å². The van der Waals surface area contributed by atoms with E-state index in [0.717, 1.165) is 32.2 Å². The average Bonchev–Trinajstić information content (AvgIpc) is 2.68. The lowest BCUT2D eigenvalue weighted by molar-refractivity contribution is -0.107. The van der Waals surface area contributed by atoms with Crippen molar-refractivity contribution in [2.75, 3.05) is 6.61 Å². The Morgan fingerprint density at radius 2 is 2.47 bits per heavy atom. The standard InChI is InChI=1S/C11H15NO3/c13-5-4-10-8-12-11(15-10)7-9-3-1-2-6-14-9/h5,8-9H,1-4,6-7H2. The number of rotatable bonds is 4. The summed E-state index contributed by atoms with van der Waals surface area (Å²) in [7, 11) is 0. The van der Waals surface area contributed by atoms with Crippen molar-refractivity contribution in [2.45, 2.75) is 38.2 Å². The van der Waals surface area contributed by atoms with Crippen LogP contribution < -0.4 is 0 Å². The van der Waals surface area contributed by atoms with Gasteiger partial charge in [0.15, 0.2) is 5.89 Å². The number of carbonyl (C=O) groups is 1. The molecule has 1 aliphatic heterocycles. The molecule has 1 saturated heterocycles. The molecule has 1 fully saturated rings. The van der Waals surface area contributed by atoms with E-state index in [1.165, 1.54) is 6.42 Å². The molecule has 2 heterocycles. The van der Waals surface area contributed by atoms with Crippen LogP contribution in [0.5, 0.6) is 0 Å². The zero-order chi connectivity index (χ0) is 10.5. The van der Waals surface area contributed by atoms with Crippen molar-refractivity contribution in [2.24, 2.45) is 0 Å². The largest absolute Gasteiger partial charge is 0.445 e. The number of aldehydes is 1. The van der Waals surface area contributed by atoms with Gasteiger partial charge in [-0.15, -0.1) is 0 Å². The van der Waals surface area contributed by atoms with E-state index in [2.05, 4.69) is 4.98 Å². The molecule has 0 N–H and O–H groups in total. The average molecular weight is 209 g/mol. The zero-order valence-electron chi connectivity index (χ0n) is 8.65. The summed E-state index contributed by atoms with van der Waals surface area (Å²) < 4.78 is 11.0. The summed E-state index contributed by atoms with van der Waals surface area (Å²) in [6.45, 7) is 0.840. The van der Waals surface area contributed by atoms with Crippen molar-refractivity contribution in [1.29, 1.82) is 0 Å². The van der Waals surface area contributed by atoms with Gasteiger partial charge < -0.3 is 13.9 Å². The topological polar surface area (TPSA) is 52.3 Å². The van der Waals surface area contributed by atoms with Crippen molar-refractivity contribution >= 4 is 6.29 Å². The molecule has 2 rings (SSSR count). The highest BCUT2D eigenvalue weighted by atomic mass is 16.5. The normalized spacial score (nSPS) is 21.5. The fourth-order valence-corrected chi connectivity index (χ4v) is 1.78. The second-order valence-corrected chi connectivity index (χ2v) is 3.78. The lowest BCUT2D eigenvalue weighted by Crippen LogP contribution is -2.21. The highest BCUT2D eigenvalue weighted by Crippen LogP contribution is 2.17. The van der Waals surface area contributed by atoms with E-state index in [4.69, 9.17) is 9.15 Å². The molecule has 0 aliphatic carbocycles. The zero-order valence-corrected chi connectivity index (χ0v) is 8.65. The summed E-state index contributed by atoms with van der Waals surface area (Å²) in [4.78, 5) is 14.4. The molecule has 1 atom stereocenters. The molecular weight excluding hydrogens is 194 g/mol. The van der Waals surface area contributed by atoms with Crippen LogP contribution in [0.2, 0.25) is 0 Å². The second kappa shape index (κ2) is 5.07. The number of oxazole rings is 1. The monoisotopic (exact) mass is 209 g/mol. The fourth-order valence-electron chi connectivity index (χ4n) is 1.78. The van der Waals surface area contributed by atoms with Crippen LogP contribution >= 0.6 is 0 Å². The first-order valence-electron chi connectivity index (χ1n) is 5.37. The van der Waals surface area contributed by atoms with E-state index in [9.17, 15) is 4.79 Å². The Morgan fingerprint density at radius 3 is 3.20 bits per heavy atom. The minimum Gasteiger partial charge on any atom is -0.445 e. The molecular formula is C11H15NO3. The van der Waals surface area contributed by atoms with E-state index >= 15 is 0 Å². The first kappa shape index (κ1) is 10.4. The smallest absolute Gasteiger partial charge is 0.196 e. The van der Waals surface area contributed by atoms with E-state index < -0.39 is 0 Å². The van der Waals surface area contributed by atoms with Gasteiger partial charge in [0.25, 0.3) is 0 Å². The quantitative estimate of drug-likeness (QED) is 0.705. The minimum absolute atomic E-state index is 0.237. The number of hydrogen-bond donors (Lipinski definition) is 0. The summed E-state index contributed by atoms with van der Waals surface area (Å²) in [6.07, 6.45) is 7.14. The fraction of sp³-hybridized carbons (Fsp3) is 0.636. The van der Waals surface area contributed by atoms with E-state index in [0.29, 0.717) is 18.1 Å². The number of ether oxygens (including phenoxy) is 1. The van der Waals surface area contributed by atoms with Crippen LogP contribution in [-0.2, 0) is 22.4 Å².